The zero-order chi connectivity index (χ0) is 21.8. The molecular weight excluding hydrogens is 392 g/mol. The van der Waals surface area contributed by atoms with Crippen LogP contribution in [0.1, 0.15) is 23.1 Å². The molecule has 4 rings (SSSR count). The molecular formula is C26H27O5. The normalized spacial score (nSPS) is 19.7. The summed E-state index contributed by atoms with van der Waals surface area (Å²) < 4.78 is 16.4. The van der Waals surface area contributed by atoms with Crippen molar-refractivity contribution in [2.24, 2.45) is 0 Å². The van der Waals surface area contributed by atoms with Gasteiger partial charge in [0.15, 0.2) is 0 Å². The standard InChI is InChI=1S/C26H27O5/c1-29-21-12-8-19(9-13-21)26(18-6-4-3-5-7-18,20-10-14-22(30-2)15-11-20)25(28)24-23(27)16-17-31-24/h3-15,17,23-25,27-28H,16H2,1-2H3/t23-,24-,25?/m0/s1. The molecule has 3 aromatic rings. The Morgan fingerprint density at radius 1 is 0.806 bits per heavy atom. The third-order valence-corrected chi connectivity index (χ3v) is 6.05. The summed E-state index contributed by atoms with van der Waals surface area (Å²) in [5.74, 6) is 1.45. The summed E-state index contributed by atoms with van der Waals surface area (Å²) in [6.45, 7) is 1.57. The predicted octanol–water partition coefficient (Wildman–Crippen LogP) is 3.71. The number of rotatable bonds is 7. The fourth-order valence-electron chi connectivity index (χ4n) is 4.44. The van der Waals surface area contributed by atoms with E-state index in [0.717, 1.165) is 28.2 Å². The molecule has 1 saturated heterocycles. The number of hydrogen-bond acceptors (Lipinski definition) is 5. The highest BCUT2D eigenvalue weighted by Gasteiger charge is 2.50. The van der Waals surface area contributed by atoms with Crippen LogP contribution in [-0.4, -0.2) is 42.7 Å². The molecule has 1 aliphatic heterocycles. The lowest BCUT2D eigenvalue weighted by Crippen LogP contribution is -2.51. The summed E-state index contributed by atoms with van der Waals surface area (Å²) >= 11 is 0. The fraction of sp³-hybridized carbons (Fsp3) is 0.269. The van der Waals surface area contributed by atoms with Crippen LogP contribution in [-0.2, 0) is 10.2 Å². The zero-order valence-corrected chi connectivity index (χ0v) is 17.6. The minimum Gasteiger partial charge on any atom is -0.497 e. The number of methoxy groups -OCH3 is 2. The smallest absolute Gasteiger partial charge is 0.118 e. The van der Waals surface area contributed by atoms with Crippen molar-refractivity contribution in [1.82, 2.24) is 0 Å². The van der Waals surface area contributed by atoms with Gasteiger partial charge in [-0.1, -0.05) is 54.6 Å². The van der Waals surface area contributed by atoms with Gasteiger partial charge in [-0.2, -0.15) is 0 Å². The van der Waals surface area contributed by atoms with Gasteiger partial charge in [-0.15, -0.1) is 0 Å². The van der Waals surface area contributed by atoms with Crippen molar-refractivity contribution in [2.45, 2.75) is 30.1 Å². The molecule has 5 heteroatoms. The average Bonchev–Trinajstić information content (AvgIpc) is 3.26. The van der Waals surface area contributed by atoms with Gasteiger partial charge in [0.25, 0.3) is 0 Å². The van der Waals surface area contributed by atoms with Crippen molar-refractivity contribution >= 4 is 0 Å². The highest BCUT2D eigenvalue weighted by atomic mass is 16.5. The van der Waals surface area contributed by atoms with Gasteiger partial charge in [-0.05, 0) is 41.0 Å². The molecule has 1 aliphatic rings. The minimum atomic E-state index is -1.06. The van der Waals surface area contributed by atoms with E-state index >= 15 is 0 Å². The van der Waals surface area contributed by atoms with Crippen LogP contribution in [0.2, 0.25) is 0 Å². The lowest BCUT2D eigenvalue weighted by molar-refractivity contribution is -0.0549. The van der Waals surface area contributed by atoms with Gasteiger partial charge in [0.2, 0.25) is 0 Å². The van der Waals surface area contributed by atoms with E-state index in [1.54, 1.807) is 20.8 Å². The molecule has 3 aromatic carbocycles. The van der Waals surface area contributed by atoms with Crippen molar-refractivity contribution in [1.29, 1.82) is 0 Å². The third kappa shape index (κ3) is 3.81. The molecule has 3 atom stereocenters. The van der Waals surface area contributed by atoms with E-state index in [2.05, 4.69) is 0 Å². The summed E-state index contributed by atoms with van der Waals surface area (Å²) in [5, 5.41) is 22.4. The maximum atomic E-state index is 11.9. The molecule has 0 aliphatic carbocycles. The molecule has 0 aromatic heterocycles. The molecule has 0 amide bonds. The van der Waals surface area contributed by atoms with Crippen LogP contribution in [0.5, 0.6) is 11.5 Å². The maximum absolute atomic E-state index is 11.9. The zero-order valence-electron chi connectivity index (χ0n) is 17.6. The van der Waals surface area contributed by atoms with Crippen LogP contribution in [0.3, 0.4) is 0 Å². The van der Waals surface area contributed by atoms with E-state index in [9.17, 15) is 10.2 Å². The third-order valence-electron chi connectivity index (χ3n) is 6.05. The second kappa shape index (κ2) is 9.10. The molecule has 31 heavy (non-hydrogen) atoms. The second-order valence-electron chi connectivity index (χ2n) is 7.65. The second-order valence-corrected chi connectivity index (χ2v) is 7.65. The van der Waals surface area contributed by atoms with Gasteiger partial charge in [-0.25, -0.2) is 0 Å². The van der Waals surface area contributed by atoms with E-state index in [1.165, 1.54) is 0 Å². The average molecular weight is 419 g/mol. The summed E-state index contributed by atoms with van der Waals surface area (Å²) in [5.41, 5.74) is 1.61. The molecule has 0 spiro atoms. The van der Waals surface area contributed by atoms with Crippen molar-refractivity contribution < 1.29 is 24.4 Å². The van der Waals surface area contributed by atoms with Gasteiger partial charge in [0.05, 0.1) is 32.3 Å². The Morgan fingerprint density at radius 2 is 1.29 bits per heavy atom. The fourth-order valence-corrected chi connectivity index (χ4v) is 4.44. The monoisotopic (exact) mass is 419 g/mol. The van der Waals surface area contributed by atoms with Gasteiger partial charge < -0.3 is 24.4 Å². The topological polar surface area (TPSA) is 68.2 Å². The maximum Gasteiger partial charge on any atom is 0.118 e. The van der Waals surface area contributed by atoms with Gasteiger partial charge >= 0.3 is 0 Å². The first-order valence-electron chi connectivity index (χ1n) is 10.3. The molecule has 2 N–H and O–H groups in total. The number of aliphatic hydroxyl groups excluding tert-OH is 2. The predicted molar refractivity (Wildman–Crippen MR) is 118 cm³/mol. The highest BCUT2D eigenvalue weighted by molar-refractivity contribution is 5.54. The van der Waals surface area contributed by atoms with Gasteiger partial charge in [0, 0.05) is 6.42 Å². The summed E-state index contributed by atoms with van der Waals surface area (Å²) in [7, 11) is 3.24. The van der Waals surface area contributed by atoms with Gasteiger partial charge in [-0.3, -0.25) is 0 Å². The Labute approximate surface area is 182 Å². The molecule has 1 radical (unpaired) electrons. The highest BCUT2D eigenvalue weighted by Crippen LogP contribution is 2.46. The Hall–Kier alpha value is -2.86. The number of hydrogen-bond donors (Lipinski definition) is 2. The van der Waals surface area contributed by atoms with Crippen molar-refractivity contribution in [3.05, 3.63) is 102 Å². The first-order chi connectivity index (χ1) is 15.1. The molecule has 161 valence electrons. The lowest BCUT2D eigenvalue weighted by atomic mass is 9.64. The van der Waals surface area contributed by atoms with Crippen LogP contribution in [0.4, 0.5) is 0 Å². The van der Waals surface area contributed by atoms with Gasteiger partial charge in [0.1, 0.15) is 23.7 Å². The Balaban J connectivity index is 1.99. The molecule has 1 fully saturated rings. The summed E-state index contributed by atoms with van der Waals surface area (Å²) in [6, 6.07) is 25.1. The van der Waals surface area contributed by atoms with E-state index in [4.69, 9.17) is 14.2 Å². The van der Waals surface area contributed by atoms with Crippen LogP contribution < -0.4 is 9.47 Å². The number of benzene rings is 3. The quantitative estimate of drug-likeness (QED) is 0.572. The largest absolute Gasteiger partial charge is 0.497 e. The minimum absolute atomic E-state index is 0.373. The summed E-state index contributed by atoms with van der Waals surface area (Å²) in [6.07, 6.45) is -2.26. The molecule has 1 unspecified atom stereocenters. The first kappa shape index (κ1) is 21.4. The molecule has 0 saturated carbocycles. The SMILES string of the molecule is COc1ccc(C(c2ccccc2)(c2ccc(OC)cc2)C(O)[C@H]2O[CH]C[C@@H]2O)cc1. The van der Waals surface area contributed by atoms with Crippen LogP contribution in [0, 0.1) is 6.61 Å². The molecule has 0 bridgehead atoms. The first-order valence-corrected chi connectivity index (χ1v) is 10.3. The number of aliphatic hydroxyl groups is 2. The van der Waals surface area contributed by atoms with Crippen molar-refractivity contribution in [2.75, 3.05) is 14.2 Å². The molecule has 1 heterocycles. The van der Waals surface area contributed by atoms with Crippen LogP contribution >= 0.6 is 0 Å². The Morgan fingerprint density at radius 3 is 1.71 bits per heavy atom. The van der Waals surface area contributed by atoms with E-state index in [1.807, 2.05) is 78.9 Å². The van der Waals surface area contributed by atoms with Crippen LogP contribution in [0.25, 0.3) is 0 Å². The number of ether oxygens (including phenoxy) is 3. The van der Waals surface area contributed by atoms with Crippen LogP contribution in [0.15, 0.2) is 78.9 Å². The summed E-state index contributed by atoms with van der Waals surface area (Å²) in [4.78, 5) is 0. The van der Waals surface area contributed by atoms with E-state index < -0.39 is 23.7 Å². The van der Waals surface area contributed by atoms with E-state index in [-0.39, 0.29) is 0 Å². The molecule has 5 nitrogen and oxygen atoms in total. The Bertz CT molecular complexity index is 921. The van der Waals surface area contributed by atoms with Crippen molar-refractivity contribution in [3.8, 4) is 11.5 Å². The Kier molecular flexibility index (Phi) is 6.28. The lowest BCUT2D eigenvalue weighted by Gasteiger charge is -2.42. The van der Waals surface area contributed by atoms with Crippen molar-refractivity contribution in [3.63, 3.8) is 0 Å². The van der Waals surface area contributed by atoms with E-state index in [0.29, 0.717) is 6.42 Å².